The number of aryl methyl sites for hydroxylation is 2. The molecule has 0 aliphatic carbocycles. The Labute approximate surface area is 209 Å². The second-order valence-corrected chi connectivity index (χ2v) is 9.71. The van der Waals surface area contributed by atoms with Crippen molar-refractivity contribution in [3.63, 3.8) is 0 Å². The number of carboxylic acid groups (broad SMARTS) is 1. The second-order valence-electron chi connectivity index (χ2n) is 9.71. The molecule has 2 N–H and O–H groups in total. The van der Waals surface area contributed by atoms with E-state index in [4.69, 9.17) is 9.94 Å². The Morgan fingerprint density at radius 2 is 1.69 bits per heavy atom. The first-order valence-corrected chi connectivity index (χ1v) is 12.0. The van der Waals surface area contributed by atoms with Crippen LogP contribution in [0.3, 0.4) is 0 Å². The molecule has 1 saturated heterocycles. The minimum Gasteiger partial charge on any atom is -0.478 e. The lowest BCUT2D eigenvalue weighted by Crippen LogP contribution is -2.44. The molecule has 2 aliphatic rings. The third kappa shape index (κ3) is 4.76. The fourth-order valence-corrected chi connectivity index (χ4v) is 5.27. The lowest BCUT2D eigenvalue weighted by Gasteiger charge is -2.36. The molecule has 5 rings (SSSR count). The van der Waals surface area contributed by atoms with Crippen molar-refractivity contribution in [2.24, 2.45) is 0 Å². The summed E-state index contributed by atoms with van der Waals surface area (Å²) in [4.78, 5) is 19.5. The molecule has 2 aliphatic heterocycles. The number of aromatic carboxylic acids is 1. The van der Waals surface area contributed by atoms with Crippen molar-refractivity contribution in [2.75, 3.05) is 13.1 Å². The maximum Gasteiger partial charge on any atom is 0.335 e. The minimum atomic E-state index is -0.947. The van der Waals surface area contributed by atoms with Crippen molar-refractivity contribution in [1.29, 1.82) is 0 Å². The molecule has 7 heteroatoms. The van der Waals surface area contributed by atoms with Gasteiger partial charge in [0.25, 0.3) is 0 Å². The molecule has 0 aromatic heterocycles. The Balaban J connectivity index is 1.25. The van der Waals surface area contributed by atoms with Crippen LogP contribution in [0.2, 0.25) is 0 Å². The van der Waals surface area contributed by atoms with Crippen LogP contribution in [-0.2, 0) is 11.4 Å². The number of carboxylic acids is 1. The fraction of sp³-hybridized carbons (Fsp3) is 0.276. The van der Waals surface area contributed by atoms with Gasteiger partial charge in [-0.05, 0) is 84.8 Å². The van der Waals surface area contributed by atoms with E-state index in [1.54, 1.807) is 24.3 Å². The smallest absolute Gasteiger partial charge is 0.335 e. The first kappa shape index (κ1) is 24.2. The predicted molar refractivity (Wildman–Crippen MR) is 134 cm³/mol. The Bertz CT molecular complexity index is 1320. The lowest BCUT2D eigenvalue weighted by molar-refractivity contribution is -0.0703. The second kappa shape index (κ2) is 9.48. The van der Waals surface area contributed by atoms with Gasteiger partial charge in [0.05, 0.1) is 11.3 Å². The molecule has 0 unspecified atom stereocenters. The molecule has 3 aromatic rings. The van der Waals surface area contributed by atoms with Crippen LogP contribution >= 0.6 is 0 Å². The van der Waals surface area contributed by atoms with Gasteiger partial charge in [0.2, 0.25) is 0 Å². The van der Waals surface area contributed by atoms with E-state index in [0.717, 1.165) is 72.1 Å². The van der Waals surface area contributed by atoms with Gasteiger partial charge in [0.1, 0.15) is 17.2 Å². The average Bonchev–Trinajstić information content (AvgIpc) is 3.25. The van der Waals surface area contributed by atoms with Gasteiger partial charge in [-0.15, -0.1) is 0 Å². The molecule has 1 spiro atoms. The quantitative estimate of drug-likeness (QED) is 0.469. The zero-order valence-corrected chi connectivity index (χ0v) is 20.3. The number of benzene rings is 3. The number of hydroxylamine groups is 1. The summed E-state index contributed by atoms with van der Waals surface area (Å²) in [5, 5.41) is 9.10. The van der Waals surface area contributed by atoms with Crippen LogP contribution < -0.4 is 5.48 Å². The Kier molecular flexibility index (Phi) is 6.36. The van der Waals surface area contributed by atoms with Gasteiger partial charge < -0.3 is 5.11 Å². The van der Waals surface area contributed by atoms with Gasteiger partial charge >= 0.3 is 5.97 Å². The zero-order valence-electron chi connectivity index (χ0n) is 20.3. The van der Waals surface area contributed by atoms with E-state index in [1.807, 2.05) is 13.8 Å². The standard InChI is InChI=1S/C29H28F2N2O3/c1-18-13-20(14-19(2)27(18)24-8-7-23(30)15-25(24)31)17-33-11-9-29(10-12-33)16-26(32-36-29)21-3-5-22(6-4-21)28(34)35/h3-8,13-16,32H,9-12,17H2,1-2H3,(H,34,35). The van der Waals surface area contributed by atoms with Gasteiger partial charge in [0.15, 0.2) is 0 Å². The molecule has 1 fully saturated rings. The Morgan fingerprint density at radius 3 is 2.31 bits per heavy atom. The number of halogens is 2. The monoisotopic (exact) mass is 490 g/mol. The average molecular weight is 491 g/mol. The van der Waals surface area contributed by atoms with Gasteiger partial charge in [-0.3, -0.25) is 15.2 Å². The molecule has 3 aromatic carbocycles. The lowest BCUT2D eigenvalue weighted by atomic mass is 9.89. The van der Waals surface area contributed by atoms with E-state index in [-0.39, 0.29) is 11.2 Å². The van der Waals surface area contributed by atoms with Crippen LogP contribution in [0.4, 0.5) is 8.78 Å². The van der Waals surface area contributed by atoms with Crippen LogP contribution in [-0.4, -0.2) is 34.7 Å². The van der Waals surface area contributed by atoms with Crippen LogP contribution in [0, 0.1) is 25.5 Å². The van der Waals surface area contributed by atoms with Crippen LogP contribution in [0.1, 0.15) is 45.5 Å². The molecule has 0 amide bonds. The summed E-state index contributed by atoms with van der Waals surface area (Å²) >= 11 is 0. The summed E-state index contributed by atoms with van der Waals surface area (Å²) in [5.41, 5.74) is 8.98. The van der Waals surface area contributed by atoms with E-state index in [0.29, 0.717) is 5.56 Å². The first-order valence-electron chi connectivity index (χ1n) is 12.0. The Morgan fingerprint density at radius 1 is 1.03 bits per heavy atom. The summed E-state index contributed by atoms with van der Waals surface area (Å²) in [6, 6.07) is 14.6. The fourth-order valence-electron chi connectivity index (χ4n) is 5.27. The van der Waals surface area contributed by atoms with Gasteiger partial charge in [0, 0.05) is 31.3 Å². The van der Waals surface area contributed by atoms with Crippen molar-refractivity contribution < 1.29 is 23.5 Å². The molecule has 0 bridgehead atoms. The molecule has 0 radical (unpaired) electrons. The molecule has 186 valence electrons. The van der Waals surface area contributed by atoms with E-state index in [2.05, 4.69) is 28.6 Å². The minimum absolute atomic E-state index is 0.252. The summed E-state index contributed by atoms with van der Waals surface area (Å²) in [5.74, 6) is -2.08. The number of rotatable bonds is 5. The highest BCUT2D eigenvalue weighted by Crippen LogP contribution is 2.36. The third-order valence-corrected chi connectivity index (χ3v) is 7.12. The van der Waals surface area contributed by atoms with Crippen LogP contribution in [0.15, 0.2) is 60.7 Å². The largest absolute Gasteiger partial charge is 0.478 e. The number of likely N-dealkylation sites (tertiary alicyclic amines) is 1. The molecule has 5 nitrogen and oxygen atoms in total. The Hall–Kier alpha value is -3.55. The van der Waals surface area contributed by atoms with Crippen molar-refractivity contribution in [3.05, 3.63) is 100 Å². The number of nitrogens with one attached hydrogen (secondary N) is 1. The van der Waals surface area contributed by atoms with Crippen molar-refractivity contribution in [1.82, 2.24) is 10.4 Å². The third-order valence-electron chi connectivity index (χ3n) is 7.12. The van der Waals surface area contributed by atoms with E-state index in [1.165, 1.54) is 12.1 Å². The van der Waals surface area contributed by atoms with Crippen molar-refractivity contribution >= 4 is 11.7 Å². The van der Waals surface area contributed by atoms with E-state index < -0.39 is 17.6 Å². The normalized spacial score (nSPS) is 17.2. The van der Waals surface area contributed by atoms with Gasteiger partial charge in [-0.25, -0.2) is 13.6 Å². The van der Waals surface area contributed by atoms with Crippen molar-refractivity contribution in [2.45, 2.75) is 38.8 Å². The maximum absolute atomic E-state index is 14.4. The SMILES string of the molecule is Cc1cc(CN2CCC3(C=C(c4ccc(C(=O)O)cc4)NO3)CC2)cc(C)c1-c1ccc(F)cc1F. The number of hydrogen-bond donors (Lipinski definition) is 2. The summed E-state index contributed by atoms with van der Waals surface area (Å²) in [6.07, 6.45) is 3.77. The zero-order chi connectivity index (χ0) is 25.4. The first-order chi connectivity index (χ1) is 17.2. The number of nitrogens with zero attached hydrogens (tertiary/aromatic N) is 1. The van der Waals surface area contributed by atoms with E-state index in [9.17, 15) is 13.6 Å². The molecule has 36 heavy (non-hydrogen) atoms. The summed E-state index contributed by atoms with van der Waals surface area (Å²) in [6.45, 7) is 6.43. The molecular formula is C29H28F2N2O3. The molecule has 0 atom stereocenters. The number of carbonyl (C=O) groups is 1. The number of hydrogen-bond acceptors (Lipinski definition) is 4. The maximum atomic E-state index is 14.4. The topological polar surface area (TPSA) is 61.8 Å². The van der Waals surface area contributed by atoms with E-state index >= 15 is 0 Å². The molecule has 0 saturated carbocycles. The predicted octanol–water partition coefficient (Wildman–Crippen LogP) is 5.86. The van der Waals surface area contributed by atoms with Gasteiger partial charge in [-0.2, -0.15) is 0 Å². The molecule has 2 heterocycles. The summed E-state index contributed by atoms with van der Waals surface area (Å²) < 4.78 is 27.8. The molecular weight excluding hydrogens is 462 g/mol. The van der Waals surface area contributed by atoms with Crippen LogP contribution in [0.25, 0.3) is 16.8 Å². The van der Waals surface area contributed by atoms with Crippen LogP contribution in [0.5, 0.6) is 0 Å². The highest BCUT2D eigenvalue weighted by molar-refractivity contribution is 5.88. The highest BCUT2D eigenvalue weighted by atomic mass is 19.1. The number of piperidine rings is 1. The van der Waals surface area contributed by atoms with Crippen molar-refractivity contribution in [3.8, 4) is 11.1 Å². The summed E-state index contributed by atoms with van der Waals surface area (Å²) in [7, 11) is 0. The highest BCUT2D eigenvalue weighted by Gasteiger charge is 2.38. The van der Waals surface area contributed by atoms with Gasteiger partial charge in [-0.1, -0.05) is 24.3 Å².